The minimum absolute atomic E-state index is 0.00179. The van der Waals surface area contributed by atoms with Gasteiger partial charge >= 0.3 is 0 Å². The molecule has 2 aliphatic rings. The third kappa shape index (κ3) is 4.08. The van der Waals surface area contributed by atoms with Crippen molar-refractivity contribution in [1.29, 1.82) is 0 Å². The fourth-order valence-electron chi connectivity index (χ4n) is 5.04. The van der Waals surface area contributed by atoms with E-state index >= 15 is 0 Å². The first kappa shape index (κ1) is 23.1. The van der Waals surface area contributed by atoms with Gasteiger partial charge in [-0.1, -0.05) is 71.2 Å². The Balaban J connectivity index is 1.57. The fourth-order valence-corrected chi connectivity index (χ4v) is 7.65. The molecule has 0 aromatic heterocycles. The maximum Gasteiger partial charge on any atom is 0.282 e. The summed E-state index contributed by atoms with van der Waals surface area (Å²) in [4.78, 5) is 11.8. The highest BCUT2D eigenvalue weighted by Gasteiger charge is 2.51. The van der Waals surface area contributed by atoms with E-state index in [0.717, 1.165) is 23.2 Å². The van der Waals surface area contributed by atoms with Crippen molar-refractivity contribution >= 4 is 69.5 Å². The summed E-state index contributed by atoms with van der Waals surface area (Å²) in [5, 5.41) is 16.5. The van der Waals surface area contributed by atoms with E-state index in [2.05, 4.69) is 11.4 Å². The Kier molecular flexibility index (Phi) is 6.45. The van der Waals surface area contributed by atoms with Crippen LogP contribution < -0.4 is 5.32 Å². The quantitative estimate of drug-likeness (QED) is 0.205. The summed E-state index contributed by atoms with van der Waals surface area (Å²) < 4.78 is 0. The molecule has 3 aromatic rings. The second-order valence-corrected chi connectivity index (χ2v) is 11.2. The first-order valence-corrected chi connectivity index (χ1v) is 12.8. The molecule has 1 aliphatic carbocycles. The molecule has 0 saturated heterocycles. The summed E-state index contributed by atoms with van der Waals surface area (Å²) in [5.41, 5.74) is 2.90. The zero-order valence-corrected chi connectivity index (χ0v) is 20.9. The normalized spacial score (nSPS) is 25.8. The summed E-state index contributed by atoms with van der Waals surface area (Å²) in [6.07, 6.45) is 0.752. The van der Waals surface area contributed by atoms with Gasteiger partial charge in [-0.05, 0) is 41.7 Å². The van der Waals surface area contributed by atoms with E-state index in [1.807, 2.05) is 30.3 Å². The number of para-hydroxylation sites is 2. The summed E-state index contributed by atoms with van der Waals surface area (Å²) in [7, 11) is 0. The molecule has 0 radical (unpaired) electrons. The summed E-state index contributed by atoms with van der Waals surface area (Å²) in [5.74, 6) is 0.108. The van der Waals surface area contributed by atoms with Gasteiger partial charge < -0.3 is 5.32 Å². The second kappa shape index (κ2) is 9.20. The lowest BCUT2D eigenvalue weighted by atomic mass is 9.77. The molecule has 4 nitrogen and oxygen atoms in total. The molecule has 0 spiro atoms. The van der Waals surface area contributed by atoms with Gasteiger partial charge in [0.15, 0.2) is 0 Å². The van der Waals surface area contributed by atoms with Crippen LogP contribution in [0.1, 0.15) is 29.5 Å². The zero-order valence-electron chi connectivity index (χ0n) is 17.1. The van der Waals surface area contributed by atoms with Crippen LogP contribution in [-0.2, 0) is 0 Å². The maximum atomic E-state index is 11.5. The molecule has 33 heavy (non-hydrogen) atoms. The van der Waals surface area contributed by atoms with Crippen molar-refractivity contribution in [2.75, 3.05) is 5.32 Å². The number of nitro groups is 1. The van der Waals surface area contributed by atoms with Crippen molar-refractivity contribution in [3.05, 3.63) is 97.0 Å². The number of thioether (sulfide) groups is 1. The highest BCUT2D eigenvalue weighted by atomic mass is 35.5. The standard InChI is InChI=1S/C24H18Cl4N2O2S/c25-15-7-4-6-13(21(15)27)23-14-11-19(33-18-10-2-1-9-17(18)30(31)32)22(28)20(14)12-5-3-8-16(26)24(12)29-23/h1-10,14,19-20,22-23,29H,11H2/t14-,19+,20-,22-,23-/m0/s1. The minimum Gasteiger partial charge on any atom is -0.376 e. The molecular weight excluding hydrogens is 522 g/mol. The zero-order chi connectivity index (χ0) is 23.3. The molecule has 5 rings (SSSR count). The Labute approximate surface area is 215 Å². The molecular formula is C24H18Cl4N2O2S. The molecule has 0 unspecified atom stereocenters. The van der Waals surface area contributed by atoms with Gasteiger partial charge in [-0.25, -0.2) is 0 Å². The van der Waals surface area contributed by atoms with Crippen molar-refractivity contribution < 1.29 is 4.92 Å². The molecule has 0 amide bonds. The number of hydrogen-bond acceptors (Lipinski definition) is 4. The first-order chi connectivity index (χ1) is 15.9. The van der Waals surface area contributed by atoms with E-state index < -0.39 is 0 Å². The fraction of sp³-hybridized carbons (Fsp3) is 0.250. The monoisotopic (exact) mass is 538 g/mol. The van der Waals surface area contributed by atoms with Crippen LogP contribution in [0, 0.1) is 16.0 Å². The van der Waals surface area contributed by atoms with E-state index in [-0.39, 0.29) is 39.1 Å². The highest BCUT2D eigenvalue weighted by Crippen LogP contribution is 2.59. The number of nitrogens with one attached hydrogen (secondary N) is 1. The van der Waals surface area contributed by atoms with Gasteiger partial charge in [0, 0.05) is 17.2 Å². The van der Waals surface area contributed by atoms with E-state index in [0.29, 0.717) is 20.0 Å². The first-order valence-electron chi connectivity index (χ1n) is 10.4. The maximum absolute atomic E-state index is 11.5. The largest absolute Gasteiger partial charge is 0.376 e. The van der Waals surface area contributed by atoms with Crippen LogP contribution in [0.2, 0.25) is 15.1 Å². The molecule has 1 saturated carbocycles. The van der Waals surface area contributed by atoms with Crippen LogP contribution in [0.3, 0.4) is 0 Å². The average Bonchev–Trinajstić information content (AvgIpc) is 3.12. The van der Waals surface area contributed by atoms with Crippen molar-refractivity contribution in [2.24, 2.45) is 5.92 Å². The average molecular weight is 540 g/mol. The molecule has 1 heterocycles. The molecule has 1 aliphatic heterocycles. The van der Waals surface area contributed by atoms with Gasteiger partial charge in [0.25, 0.3) is 5.69 Å². The lowest BCUT2D eigenvalue weighted by molar-refractivity contribution is -0.387. The Morgan fingerprint density at radius 2 is 1.64 bits per heavy atom. The predicted octanol–water partition coefficient (Wildman–Crippen LogP) is 8.59. The van der Waals surface area contributed by atoms with Crippen molar-refractivity contribution in [3.8, 4) is 0 Å². The number of alkyl halides is 1. The predicted molar refractivity (Wildman–Crippen MR) is 138 cm³/mol. The van der Waals surface area contributed by atoms with Crippen molar-refractivity contribution in [2.45, 2.75) is 33.9 Å². The number of rotatable bonds is 4. The smallest absolute Gasteiger partial charge is 0.282 e. The van der Waals surface area contributed by atoms with Crippen LogP contribution in [-0.4, -0.2) is 15.6 Å². The molecule has 0 bridgehead atoms. The molecule has 1 N–H and O–H groups in total. The Hall–Kier alpha value is -1.63. The number of halogens is 4. The SMILES string of the molecule is O=[N+]([O-])c1ccccc1S[C@@H]1C[C@H]2[C@H](c3cccc(Cl)c3N[C@H]2c2cccc(Cl)c2Cl)[C@H]1Cl. The van der Waals surface area contributed by atoms with E-state index in [9.17, 15) is 10.1 Å². The van der Waals surface area contributed by atoms with Crippen molar-refractivity contribution in [3.63, 3.8) is 0 Å². The van der Waals surface area contributed by atoms with Gasteiger partial charge in [-0.15, -0.1) is 23.4 Å². The van der Waals surface area contributed by atoms with Gasteiger partial charge in [0.1, 0.15) is 0 Å². The van der Waals surface area contributed by atoms with E-state index in [1.165, 1.54) is 17.8 Å². The van der Waals surface area contributed by atoms with E-state index in [1.54, 1.807) is 18.2 Å². The Bertz CT molecular complexity index is 1240. The number of nitro benzene ring substituents is 1. The van der Waals surface area contributed by atoms with Crippen molar-refractivity contribution in [1.82, 2.24) is 0 Å². The second-order valence-electron chi connectivity index (χ2n) is 8.22. The number of fused-ring (bicyclic) bond motifs is 3. The lowest BCUT2D eigenvalue weighted by Gasteiger charge is -2.39. The number of nitrogens with zero attached hydrogens (tertiary/aromatic N) is 1. The third-order valence-corrected chi connectivity index (χ3v) is 9.71. The summed E-state index contributed by atoms with van der Waals surface area (Å²) in [6.45, 7) is 0. The Morgan fingerprint density at radius 3 is 2.39 bits per heavy atom. The van der Waals surface area contributed by atoms with Crippen LogP contribution in [0.25, 0.3) is 0 Å². The molecule has 9 heteroatoms. The van der Waals surface area contributed by atoms with Gasteiger partial charge in [0.05, 0.1) is 42.0 Å². The summed E-state index contributed by atoms with van der Waals surface area (Å²) >= 11 is 28.1. The topological polar surface area (TPSA) is 55.2 Å². The van der Waals surface area contributed by atoms with Crippen LogP contribution in [0.5, 0.6) is 0 Å². The Morgan fingerprint density at radius 1 is 0.939 bits per heavy atom. The van der Waals surface area contributed by atoms with Crippen LogP contribution in [0.4, 0.5) is 11.4 Å². The molecule has 5 atom stereocenters. The van der Waals surface area contributed by atoms with Gasteiger partial charge in [0.2, 0.25) is 0 Å². The summed E-state index contributed by atoms with van der Waals surface area (Å²) in [6, 6.07) is 18.1. The number of hydrogen-bond donors (Lipinski definition) is 1. The van der Waals surface area contributed by atoms with Gasteiger partial charge in [-0.3, -0.25) is 10.1 Å². The number of benzene rings is 3. The van der Waals surface area contributed by atoms with Crippen LogP contribution in [0.15, 0.2) is 65.6 Å². The molecule has 170 valence electrons. The number of anilines is 1. The molecule has 3 aromatic carbocycles. The lowest BCUT2D eigenvalue weighted by Crippen LogP contribution is -2.31. The van der Waals surface area contributed by atoms with E-state index in [4.69, 9.17) is 46.4 Å². The van der Waals surface area contributed by atoms with Crippen LogP contribution >= 0.6 is 58.2 Å². The van der Waals surface area contributed by atoms with Gasteiger partial charge in [-0.2, -0.15) is 0 Å². The highest BCUT2D eigenvalue weighted by molar-refractivity contribution is 8.00. The minimum atomic E-state index is -0.348. The molecule has 1 fully saturated rings. The third-order valence-electron chi connectivity index (χ3n) is 6.45.